The van der Waals surface area contributed by atoms with Gasteiger partial charge in [-0.25, -0.2) is 0 Å². The number of thioether (sulfide) groups is 1. The van der Waals surface area contributed by atoms with Gasteiger partial charge in [0.15, 0.2) is 0 Å². The van der Waals surface area contributed by atoms with Gasteiger partial charge in [0, 0.05) is 37.0 Å². The molecule has 2 aliphatic rings. The Balaban J connectivity index is 1.82. The van der Waals surface area contributed by atoms with Crippen LogP contribution < -0.4 is 5.32 Å². The second kappa shape index (κ2) is 5.50. The zero-order valence-electron chi connectivity index (χ0n) is 11.8. The van der Waals surface area contributed by atoms with E-state index in [0.29, 0.717) is 11.6 Å². The zero-order valence-corrected chi connectivity index (χ0v) is 12.6. The van der Waals surface area contributed by atoms with Gasteiger partial charge in [0.05, 0.1) is 0 Å². The normalized spacial score (nSPS) is 35.5. The lowest BCUT2D eigenvalue weighted by Gasteiger charge is -2.45. The zero-order chi connectivity index (χ0) is 12.5. The number of rotatable bonds is 5. The minimum absolute atomic E-state index is 0.398. The Morgan fingerprint density at radius 3 is 2.71 bits per heavy atom. The molecule has 0 radical (unpaired) electrons. The molecule has 3 heteroatoms. The molecule has 2 fully saturated rings. The second-order valence-electron chi connectivity index (χ2n) is 6.31. The van der Waals surface area contributed by atoms with Crippen molar-refractivity contribution < 1.29 is 0 Å². The van der Waals surface area contributed by atoms with Crippen molar-refractivity contribution in [2.24, 2.45) is 5.92 Å². The van der Waals surface area contributed by atoms with Crippen LogP contribution in [0.1, 0.15) is 40.5 Å². The van der Waals surface area contributed by atoms with Crippen LogP contribution in [-0.4, -0.2) is 47.1 Å². The van der Waals surface area contributed by atoms with Crippen LogP contribution >= 0.6 is 11.8 Å². The van der Waals surface area contributed by atoms with E-state index in [2.05, 4.69) is 49.7 Å². The highest BCUT2D eigenvalue weighted by molar-refractivity contribution is 7.99. The Morgan fingerprint density at radius 1 is 1.41 bits per heavy atom. The Labute approximate surface area is 111 Å². The quantitative estimate of drug-likeness (QED) is 0.814. The number of nitrogens with zero attached hydrogens (tertiary/aromatic N) is 1. The number of hydrogen-bond donors (Lipinski definition) is 1. The van der Waals surface area contributed by atoms with Gasteiger partial charge in [0.25, 0.3) is 0 Å². The van der Waals surface area contributed by atoms with Crippen LogP contribution in [0.3, 0.4) is 0 Å². The van der Waals surface area contributed by atoms with Crippen LogP contribution in [-0.2, 0) is 0 Å². The predicted octanol–water partition coefficient (Wildman–Crippen LogP) is 2.59. The number of nitrogens with one attached hydrogen (secondary N) is 1. The maximum absolute atomic E-state index is 3.79. The molecule has 2 nitrogen and oxygen atoms in total. The number of piperazine rings is 1. The van der Waals surface area contributed by atoms with Gasteiger partial charge >= 0.3 is 0 Å². The minimum atomic E-state index is 0.398. The molecule has 0 spiro atoms. The van der Waals surface area contributed by atoms with E-state index < -0.39 is 0 Å². The van der Waals surface area contributed by atoms with E-state index in [1.165, 1.54) is 38.2 Å². The summed E-state index contributed by atoms with van der Waals surface area (Å²) < 4.78 is 0. The molecule has 0 aromatic heterocycles. The molecule has 0 bridgehead atoms. The van der Waals surface area contributed by atoms with Crippen LogP contribution in [0.5, 0.6) is 0 Å². The van der Waals surface area contributed by atoms with E-state index in [4.69, 9.17) is 0 Å². The Hall–Kier alpha value is 0.270. The largest absolute Gasteiger partial charge is 0.308 e. The summed E-state index contributed by atoms with van der Waals surface area (Å²) in [4.78, 5) is 2.70. The minimum Gasteiger partial charge on any atom is -0.308 e. The SMILES string of the molecule is CC(C)SCCN1CC(C)(C2CC2)NCC1C. The first-order chi connectivity index (χ1) is 8.01. The Morgan fingerprint density at radius 2 is 2.12 bits per heavy atom. The van der Waals surface area contributed by atoms with Crippen molar-refractivity contribution in [3.05, 3.63) is 0 Å². The third-order valence-corrected chi connectivity index (χ3v) is 5.35. The van der Waals surface area contributed by atoms with E-state index >= 15 is 0 Å². The fourth-order valence-corrected chi connectivity index (χ4v) is 3.65. The van der Waals surface area contributed by atoms with Gasteiger partial charge in [0.1, 0.15) is 0 Å². The van der Waals surface area contributed by atoms with E-state index in [1.54, 1.807) is 0 Å². The van der Waals surface area contributed by atoms with Crippen molar-refractivity contribution in [1.29, 1.82) is 0 Å². The molecule has 2 unspecified atom stereocenters. The van der Waals surface area contributed by atoms with Crippen molar-refractivity contribution in [2.75, 3.05) is 25.4 Å². The first-order valence-electron chi connectivity index (χ1n) is 7.12. The molecule has 2 atom stereocenters. The molecule has 0 aromatic carbocycles. The maximum atomic E-state index is 3.79. The summed E-state index contributed by atoms with van der Waals surface area (Å²) in [5.74, 6) is 2.22. The first kappa shape index (κ1) is 13.7. The Bertz CT molecular complexity index is 253. The van der Waals surface area contributed by atoms with E-state index in [1.807, 2.05) is 0 Å². The molecular weight excluding hydrogens is 228 g/mol. The summed E-state index contributed by atoms with van der Waals surface area (Å²) in [6.45, 7) is 13.0. The lowest BCUT2D eigenvalue weighted by atomic mass is 9.91. The van der Waals surface area contributed by atoms with Crippen LogP contribution in [0, 0.1) is 5.92 Å². The van der Waals surface area contributed by atoms with Gasteiger partial charge in [-0.05, 0) is 37.9 Å². The van der Waals surface area contributed by atoms with Crippen LogP contribution in [0.25, 0.3) is 0 Å². The third kappa shape index (κ3) is 3.62. The summed E-state index contributed by atoms with van der Waals surface area (Å²) in [5, 5.41) is 4.55. The van der Waals surface area contributed by atoms with Crippen molar-refractivity contribution in [3.63, 3.8) is 0 Å². The van der Waals surface area contributed by atoms with Crippen LogP contribution in [0.15, 0.2) is 0 Å². The summed E-state index contributed by atoms with van der Waals surface area (Å²) >= 11 is 2.09. The summed E-state index contributed by atoms with van der Waals surface area (Å²) in [6.07, 6.45) is 2.87. The van der Waals surface area contributed by atoms with Crippen molar-refractivity contribution in [3.8, 4) is 0 Å². The molecule has 0 amide bonds. The lowest BCUT2D eigenvalue weighted by molar-refractivity contribution is 0.0894. The van der Waals surface area contributed by atoms with Gasteiger partial charge in [-0.15, -0.1) is 0 Å². The second-order valence-corrected chi connectivity index (χ2v) is 8.00. The lowest BCUT2D eigenvalue weighted by Crippen LogP contribution is -2.63. The summed E-state index contributed by atoms with van der Waals surface area (Å²) in [6, 6.07) is 0.703. The maximum Gasteiger partial charge on any atom is 0.0309 e. The molecule has 1 saturated carbocycles. The molecular formula is C14H28N2S. The van der Waals surface area contributed by atoms with Gasteiger partial charge in [0.2, 0.25) is 0 Å². The molecule has 1 aliphatic carbocycles. The molecule has 2 rings (SSSR count). The standard InChI is InChI=1S/C14H28N2S/c1-11(2)17-8-7-16-10-14(4,13-5-6-13)15-9-12(16)3/h11-13,15H,5-10H2,1-4H3. The van der Waals surface area contributed by atoms with E-state index in [0.717, 1.165) is 11.2 Å². The van der Waals surface area contributed by atoms with Crippen LogP contribution in [0.2, 0.25) is 0 Å². The molecule has 17 heavy (non-hydrogen) atoms. The van der Waals surface area contributed by atoms with Gasteiger partial charge in [-0.1, -0.05) is 13.8 Å². The average molecular weight is 256 g/mol. The highest BCUT2D eigenvalue weighted by Gasteiger charge is 2.44. The van der Waals surface area contributed by atoms with Gasteiger partial charge < -0.3 is 5.32 Å². The predicted molar refractivity (Wildman–Crippen MR) is 77.8 cm³/mol. The fourth-order valence-electron chi connectivity index (χ4n) is 2.84. The van der Waals surface area contributed by atoms with Crippen molar-refractivity contribution in [2.45, 2.75) is 57.4 Å². The van der Waals surface area contributed by atoms with Gasteiger partial charge in [-0.3, -0.25) is 4.90 Å². The van der Waals surface area contributed by atoms with Crippen molar-refractivity contribution >= 4 is 11.8 Å². The van der Waals surface area contributed by atoms with Crippen LogP contribution in [0.4, 0.5) is 0 Å². The third-order valence-electron chi connectivity index (χ3n) is 4.26. The fraction of sp³-hybridized carbons (Fsp3) is 1.00. The van der Waals surface area contributed by atoms with E-state index in [-0.39, 0.29) is 0 Å². The first-order valence-corrected chi connectivity index (χ1v) is 8.17. The van der Waals surface area contributed by atoms with E-state index in [9.17, 15) is 0 Å². The summed E-state index contributed by atoms with van der Waals surface area (Å²) in [5.41, 5.74) is 0.398. The molecule has 0 aromatic rings. The van der Waals surface area contributed by atoms with Gasteiger partial charge in [-0.2, -0.15) is 11.8 Å². The summed E-state index contributed by atoms with van der Waals surface area (Å²) in [7, 11) is 0. The highest BCUT2D eigenvalue weighted by Crippen LogP contribution is 2.41. The monoisotopic (exact) mass is 256 g/mol. The molecule has 1 aliphatic heterocycles. The topological polar surface area (TPSA) is 15.3 Å². The molecule has 1 N–H and O–H groups in total. The average Bonchev–Trinajstić information content (AvgIpc) is 3.07. The smallest absolute Gasteiger partial charge is 0.0309 e. The molecule has 1 saturated heterocycles. The Kier molecular flexibility index (Phi) is 4.43. The molecule has 100 valence electrons. The number of hydrogen-bond acceptors (Lipinski definition) is 3. The highest BCUT2D eigenvalue weighted by atomic mass is 32.2. The van der Waals surface area contributed by atoms with Crippen molar-refractivity contribution in [1.82, 2.24) is 10.2 Å². The molecule has 1 heterocycles.